The van der Waals surface area contributed by atoms with E-state index in [1.54, 1.807) is 55.6 Å². The monoisotopic (exact) mass is 458 g/mol. The van der Waals surface area contributed by atoms with Crippen LogP contribution in [0.5, 0.6) is 5.75 Å². The molecule has 0 fully saturated rings. The summed E-state index contributed by atoms with van der Waals surface area (Å²) in [5, 5.41) is 3.43. The Morgan fingerprint density at radius 3 is 2.26 bits per heavy atom. The van der Waals surface area contributed by atoms with Crippen LogP contribution in [0, 0.1) is 0 Å². The lowest BCUT2D eigenvalue weighted by Gasteiger charge is -2.23. The number of para-hydroxylation sites is 1. The Balaban J connectivity index is 1.73. The van der Waals surface area contributed by atoms with Crippen molar-refractivity contribution < 1.29 is 17.9 Å². The fourth-order valence-corrected chi connectivity index (χ4v) is 4.08. The number of hydrogen-bond acceptors (Lipinski definition) is 4. The van der Waals surface area contributed by atoms with Crippen LogP contribution in [0.4, 0.5) is 5.69 Å². The van der Waals surface area contributed by atoms with E-state index in [1.165, 1.54) is 4.31 Å². The van der Waals surface area contributed by atoms with E-state index in [9.17, 15) is 13.2 Å². The molecule has 1 amide bonds. The first-order valence-electron chi connectivity index (χ1n) is 9.50. The van der Waals surface area contributed by atoms with Crippen molar-refractivity contribution in [2.45, 2.75) is 13.1 Å². The molecule has 8 heteroatoms. The van der Waals surface area contributed by atoms with Gasteiger partial charge in [0.05, 0.1) is 25.6 Å². The number of anilines is 1. The number of sulfonamides is 1. The van der Waals surface area contributed by atoms with Gasteiger partial charge in [-0.05, 0) is 48.0 Å². The zero-order valence-electron chi connectivity index (χ0n) is 17.2. The number of benzene rings is 3. The standard InChI is InChI=1S/C23H23ClN2O4S/c1-30-22-6-4-3-5-19(22)15-25-23(27)18-9-13-21(14-10-18)26(31(2,28)29)16-17-7-11-20(24)12-8-17/h3-14H,15-16H2,1-2H3,(H,25,27). The molecule has 6 nitrogen and oxygen atoms in total. The number of amides is 1. The van der Waals surface area contributed by atoms with Crippen LogP contribution >= 0.6 is 11.6 Å². The fourth-order valence-electron chi connectivity index (χ4n) is 3.06. The molecule has 3 rings (SSSR count). The van der Waals surface area contributed by atoms with Crippen LogP contribution in [0.3, 0.4) is 0 Å². The van der Waals surface area contributed by atoms with Crippen LogP contribution in [0.2, 0.25) is 5.02 Å². The van der Waals surface area contributed by atoms with Crippen LogP contribution in [0.15, 0.2) is 72.8 Å². The molecular formula is C23H23ClN2O4S. The molecule has 0 aromatic heterocycles. The van der Waals surface area contributed by atoms with E-state index >= 15 is 0 Å². The lowest BCUT2D eigenvalue weighted by atomic mass is 10.1. The van der Waals surface area contributed by atoms with E-state index in [0.717, 1.165) is 17.4 Å². The SMILES string of the molecule is COc1ccccc1CNC(=O)c1ccc(N(Cc2ccc(Cl)cc2)S(C)(=O)=O)cc1. The molecule has 0 atom stereocenters. The average molecular weight is 459 g/mol. The minimum absolute atomic E-state index is 0.162. The Hall–Kier alpha value is -3.03. The van der Waals surface area contributed by atoms with E-state index in [0.29, 0.717) is 28.6 Å². The number of nitrogens with zero attached hydrogens (tertiary/aromatic N) is 1. The topological polar surface area (TPSA) is 75.7 Å². The zero-order chi connectivity index (χ0) is 22.4. The predicted molar refractivity (Wildman–Crippen MR) is 123 cm³/mol. The second kappa shape index (κ2) is 9.85. The molecule has 3 aromatic carbocycles. The van der Waals surface area contributed by atoms with Gasteiger partial charge in [-0.25, -0.2) is 8.42 Å². The molecule has 0 heterocycles. The van der Waals surface area contributed by atoms with Gasteiger partial charge in [0.15, 0.2) is 0 Å². The Morgan fingerprint density at radius 2 is 1.65 bits per heavy atom. The number of nitrogens with one attached hydrogen (secondary N) is 1. The molecule has 0 aliphatic carbocycles. The molecule has 1 N–H and O–H groups in total. The van der Waals surface area contributed by atoms with Crippen molar-refractivity contribution in [3.05, 3.63) is 94.5 Å². The van der Waals surface area contributed by atoms with Crippen LogP contribution in [-0.4, -0.2) is 27.7 Å². The Kier molecular flexibility index (Phi) is 7.20. The normalized spacial score (nSPS) is 11.1. The van der Waals surface area contributed by atoms with E-state index < -0.39 is 10.0 Å². The Bertz CT molecular complexity index is 1150. The van der Waals surface area contributed by atoms with Crippen molar-refractivity contribution in [1.29, 1.82) is 0 Å². The summed E-state index contributed by atoms with van der Waals surface area (Å²) in [5.41, 5.74) is 2.56. The predicted octanol–water partition coefficient (Wildman–Crippen LogP) is 4.24. The third-order valence-electron chi connectivity index (χ3n) is 4.69. The van der Waals surface area contributed by atoms with Gasteiger partial charge < -0.3 is 10.1 Å². The molecule has 0 saturated heterocycles. The molecule has 162 valence electrons. The van der Waals surface area contributed by atoms with Gasteiger partial charge in [-0.2, -0.15) is 0 Å². The van der Waals surface area contributed by atoms with Crippen molar-refractivity contribution in [2.75, 3.05) is 17.7 Å². The quantitative estimate of drug-likeness (QED) is 0.547. The summed E-state index contributed by atoms with van der Waals surface area (Å²) in [7, 11) is -1.95. The fraction of sp³-hybridized carbons (Fsp3) is 0.174. The summed E-state index contributed by atoms with van der Waals surface area (Å²) in [4.78, 5) is 12.5. The van der Waals surface area contributed by atoms with Crippen molar-refractivity contribution in [3.8, 4) is 5.75 Å². The number of methoxy groups -OCH3 is 1. The number of rotatable bonds is 8. The summed E-state index contributed by atoms with van der Waals surface area (Å²) < 4.78 is 31.3. The summed E-state index contributed by atoms with van der Waals surface area (Å²) in [6, 6.07) is 20.9. The van der Waals surface area contributed by atoms with Gasteiger partial charge in [-0.15, -0.1) is 0 Å². The third-order valence-corrected chi connectivity index (χ3v) is 6.08. The molecule has 0 spiro atoms. The Morgan fingerprint density at radius 1 is 1.00 bits per heavy atom. The van der Waals surface area contributed by atoms with Crippen LogP contribution in [-0.2, 0) is 23.1 Å². The number of ether oxygens (including phenoxy) is 1. The maximum absolute atomic E-state index is 12.5. The van der Waals surface area contributed by atoms with E-state index in [-0.39, 0.29) is 12.5 Å². The molecular weight excluding hydrogens is 436 g/mol. The Labute approximate surface area is 187 Å². The molecule has 0 radical (unpaired) electrons. The highest BCUT2D eigenvalue weighted by Gasteiger charge is 2.18. The van der Waals surface area contributed by atoms with Gasteiger partial charge in [0.1, 0.15) is 5.75 Å². The van der Waals surface area contributed by atoms with Gasteiger partial charge >= 0.3 is 0 Å². The molecule has 31 heavy (non-hydrogen) atoms. The summed E-state index contributed by atoms with van der Waals surface area (Å²) in [5.74, 6) is 0.435. The molecule has 0 bridgehead atoms. The van der Waals surface area contributed by atoms with E-state index in [2.05, 4.69) is 5.32 Å². The first kappa shape index (κ1) is 22.7. The number of hydrogen-bond donors (Lipinski definition) is 1. The second-order valence-corrected chi connectivity index (χ2v) is 9.28. The summed E-state index contributed by atoms with van der Waals surface area (Å²) in [6.45, 7) is 0.478. The van der Waals surface area contributed by atoms with Crippen LogP contribution < -0.4 is 14.4 Å². The minimum atomic E-state index is -3.53. The van der Waals surface area contributed by atoms with Gasteiger partial charge in [-0.1, -0.05) is 41.9 Å². The molecule has 0 aliphatic heterocycles. The van der Waals surface area contributed by atoms with Gasteiger partial charge in [0, 0.05) is 22.7 Å². The molecule has 0 saturated carbocycles. The van der Waals surface area contributed by atoms with Gasteiger partial charge in [0.25, 0.3) is 5.91 Å². The molecule has 0 unspecified atom stereocenters. The summed E-state index contributed by atoms with van der Waals surface area (Å²) >= 11 is 5.91. The van der Waals surface area contributed by atoms with Crippen molar-refractivity contribution in [1.82, 2.24) is 5.32 Å². The minimum Gasteiger partial charge on any atom is -0.496 e. The smallest absolute Gasteiger partial charge is 0.251 e. The maximum Gasteiger partial charge on any atom is 0.251 e. The van der Waals surface area contributed by atoms with Gasteiger partial charge in [0.2, 0.25) is 10.0 Å². The third kappa shape index (κ3) is 5.99. The highest BCUT2D eigenvalue weighted by Crippen LogP contribution is 2.22. The lowest BCUT2D eigenvalue weighted by Crippen LogP contribution is -2.29. The number of carbonyl (C=O) groups is 1. The number of halogens is 1. The van der Waals surface area contributed by atoms with Gasteiger partial charge in [-0.3, -0.25) is 9.10 Å². The van der Waals surface area contributed by atoms with Crippen molar-refractivity contribution in [3.63, 3.8) is 0 Å². The highest BCUT2D eigenvalue weighted by atomic mass is 35.5. The molecule has 0 aliphatic rings. The second-order valence-electron chi connectivity index (χ2n) is 6.94. The first-order valence-corrected chi connectivity index (χ1v) is 11.7. The largest absolute Gasteiger partial charge is 0.496 e. The van der Waals surface area contributed by atoms with Crippen LogP contribution in [0.1, 0.15) is 21.5 Å². The zero-order valence-corrected chi connectivity index (χ0v) is 18.8. The van der Waals surface area contributed by atoms with E-state index in [4.69, 9.17) is 16.3 Å². The summed E-state index contributed by atoms with van der Waals surface area (Å²) in [6.07, 6.45) is 1.15. The first-order chi connectivity index (χ1) is 14.8. The molecule has 3 aromatic rings. The van der Waals surface area contributed by atoms with E-state index in [1.807, 2.05) is 24.3 Å². The highest BCUT2D eigenvalue weighted by molar-refractivity contribution is 7.92. The number of carbonyl (C=O) groups excluding carboxylic acids is 1. The van der Waals surface area contributed by atoms with Crippen LogP contribution in [0.25, 0.3) is 0 Å². The maximum atomic E-state index is 12.5. The average Bonchev–Trinajstić information content (AvgIpc) is 2.76. The lowest BCUT2D eigenvalue weighted by molar-refractivity contribution is 0.0950. The van der Waals surface area contributed by atoms with Crippen molar-refractivity contribution in [2.24, 2.45) is 0 Å². The van der Waals surface area contributed by atoms with Crippen molar-refractivity contribution >= 4 is 33.2 Å².